The molecule has 1 aliphatic heterocycles. The van der Waals surface area contributed by atoms with Crippen LogP contribution in [-0.2, 0) is 9.59 Å². The average Bonchev–Trinajstić information content (AvgIpc) is 2.70. The maximum absolute atomic E-state index is 14.1. The third kappa shape index (κ3) is 2.31. The molecule has 1 aliphatic rings. The van der Waals surface area contributed by atoms with Crippen molar-refractivity contribution in [3.8, 4) is 0 Å². The van der Waals surface area contributed by atoms with Crippen molar-refractivity contribution >= 4 is 17.6 Å². The van der Waals surface area contributed by atoms with Gasteiger partial charge in [-0.25, -0.2) is 8.78 Å². The van der Waals surface area contributed by atoms with Crippen LogP contribution in [0.15, 0.2) is 12.1 Å². The summed E-state index contributed by atoms with van der Waals surface area (Å²) in [6.45, 7) is -0.0923. The fraction of sp³-hybridized carbons (Fsp3) is 0.385. The van der Waals surface area contributed by atoms with Crippen molar-refractivity contribution in [1.29, 1.82) is 0 Å². The van der Waals surface area contributed by atoms with Crippen molar-refractivity contribution in [2.75, 3.05) is 25.5 Å². The molecule has 0 aliphatic carbocycles. The number of hydrogen-bond donors (Lipinski definition) is 2. The number of halogens is 2. The van der Waals surface area contributed by atoms with Gasteiger partial charge in [-0.05, 0) is 12.1 Å². The van der Waals surface area contributed by atoms with Crippen LogP contribution in [0, 0.1) is 17.6 Å². The molecule has 0 bridgehead atoms. The molecule has 20 heavy (non-hydrogen) atoms. The first-order valence-electron chi connectivity index (χ1n) is 5.99. The Morgan fingerprint density at radius 1 is 1.35 bits per heavy atom. The molecule has 1 aromatic carbocycles. The summed E-state index contributed by atoms with van der Waals surface area (Å²) in [5, 5.41) is 11.4. The van der Waals surface area contributed by atoms with Crippen LogP contribution in [0.25, 0.3) is 0 Å². The highest BCUT2D eigenvalue weighted by molar-refractivity contribution is 5.99. The molecule has 0 saturated carbocycles. The minimum atomic E-state index is -1.47. The number of carboxylic acids is 1. The van der Waals surface area contributed by atoms with E-state index in [4.69, 9.17) is 5.11 Å². The predicted molar refractivity (Wildman–Crippen MR) is 67.6 cm³/mol. The number of anilines is 1. The van der Waals surface area contributed by atoms with Crippen LogP contribution in [0.1, 0.15) is 11.5 Å². The molecule has 1 aromatic rings. The van der Waals surface area contributed by atoms with Crippen molar-refractivity contribution < 1.29 is 23.5 Å². The molecular formula is C13H14F2N2O3. The molecule has 1 saturated heterocycles. The Morgan fingerprint density at radius 2 is 1.90 bits per heavy atom. The molecular weight excluding hydrogens is 270 g/mol. The Labute approximate surface area is 114 Å². The van der Waals surface area contributed by atoms with E-state index in [0.717, 1.165) is 12.1 Å². The molecule has 5 nitrogen and oxygen atoms in total. The van der Waals surface area contributed by atoms with Crippen molar-refractivity contribution in [2.24, 2.45) is 5.92 Å². The Balaban J connectivity index is 2.48. The number of rotatable bonds is 3. The van der Waals surface area contributed by atoms with Crippen LogP contribution in [0.4, 0.5) is 14.5 Å². The summed E-state index contributed by atoms with van der Waals surface area (Å²) in [5.41, 5.74) is -0.0331. The molecule has 0 unspecified atom stereocenters. The second kappa shape index (κ2) is 5.07. The molecule has 2 atom stereocenters. The van der Waals surface area contributed by atoms with E-state index in [2.05, 4.69) is 5.32 Å². The topological polar surface area (TPSA) is 69.6 Å². The highest BCUT2D eigenvalue weighted by atomic mass is 19.1. The highest BCUT2D eigenvalue weighted by Crippen LogP contribution is 2.34. The van der Waals surface area contributed by atoms with Gasteiger partial charge >= 0.3 is 5.97 Å². The maximum atomic E-state index is 14.1. The van der Waals surface area contributed by atoms with Gasteiger partial charge in [-0.15, -0.1) is 0 Å². The molecule has 1 fully saturated rings. The van der Waals surface area contributed by atoms with Gasteiger partial charge in [0.15, 0.2) is 0 Å². The lowest BCUT2D eigenvalue weighted by atomic mass is 9.87. The molecule has 0 spiro atoms. The van der Waals surface area contributed by atoms with Crippen LogP contribution in [0.5, 0.6) is 0 Å². The molecule has 7 heteroatoms. The van der Waals surface area contributed by atoms with Crippen LogP contribution in [-0.4, -0.2) is 37.6 Å². The zero-order valence-electron chi connectivity index (χ0n) is 11.0. The fourth-order valence-electron chi connectivity index (χ4n) is 2.36. The summed E-state index contributed by atoms with van der Waals surface area (Å²) in [6.07, 6.45) is 0. The quantitative estimate of drug-likeness (QED) is 0.811. The van der Waals surface area contributed by atoms with Crippen LogP contribution in [0.2, 0.25) is 0 Å². The van der Waals surface area contributed by atoms with E-state index in [1.165, 1.54) is 4.90 Å². The number of nitrogens with zero attached hydrogens (tertiary/aromatic N) is 1. The lowest BCUT2D eigenvalue weighted by molar-refractivity contribution is -0.145. The summed E-state index contributed by atoms with van der Waals surface area (Å²) in [6, 6.07) is 2.25. The molecule has 0 radical (unpaired) electrons. The van der Waals surface area contributed by atoms with E-state index < -0.39 is 35.3 Å². The number of carbonyl (C=O) groups is 2. The lowest BCUT2D eigenvalue weighted by Gasteiger charge is -2.18. The number of nitrogens with one attached hydrogen (secondary N) is 1. The lowest BCUT2D eigenvalue weighted by Crippen LogP contribution is -2.27. The van der Waals surface area contributed by atoms with Gasteiger partial charge in [0.05, 0.1) is 0 Å². The van der Waals surface area contributed by atoms with E-state index in [9.17, 15) is 18.4 Å². The highest BCUT2D eigenvalue weighted by Gasteiger charge is 2.43. The van der Waals surface area contributed by atoms with Crippen molar-refractivity contribution in [2.45, 2.75) is 5.92 Å². The zero-order valence-corrected chi connectivity index (χ0v) is 11.0. The zero-order chi connectivity index (χ0) is 15.0. The molecule has 108 valence electrons. The van der Waals surface area contributed by atoms with Crippen LogP contribution >= 0.6 is 0 Å². The number of hydrogen-bond acceptors (Lipinski definition) is 3. The van der Waals surface area contributed by atoms with Gasteiger partial charge in [0.2, 0.25) is 5.91 Å². The summed E-state index contributed by atoms with van der Waals surface area (Å²) in [4.78, 5) is 24.1. The Hall–Kier alpha value is -2.18. The number of benzene rings is 1. The summed E-state index contributed by atoms with van der Waals surface area (Å²) >= 11 is 0. The van der Waals surface area contributed by atoms with E-state index >= 15 is 0 Å². The first-order valence-corrected chi connectivity index (χ1v) is 5.99. The number of amides is 1. The summed E-state index contributed by atoms with van der Waals surface area (Å²) < 4.78 is 28.2. The second-order valence-corrected chi connectivity index (χ2v) is 4.89. The third-order valence-corrected chi connectivity index (χ3v) is 3.40. The van der Waals surface area contributed by atoms with Gasteiger partial charge in [0, 0.05) is 37.8 Å². The number of carboxylic acid groups (broad SMARTS) is 1. The summed E-state index contributed by atoms with van der Waals surface area (Å²) in [7, 11) is 3.27. The van der Waals surface area contributed by atoms with E-state index in [-0.39, 0.29) is 12.1 Å². The monoisotopic (exact) mass is 284 g/mol. The summed E-state index contributed by atoms with van der Waals surface area (Å²) in [5.74, 6) is -6.32. The minimum Gasteiger partial charge on any atom is -0.481 e. The van der Waals surface area contributed by atoms with E-state index in [1.807, 2.05) is 0 Å². The predicted octanol–water partition coefficient (Wildman–Crippen LogP) is 0.945. The first-order chi connectivity index (χ1) is 9.32. The van der Waals surface area contributed by atoms with Gasteiger partial charge in [0.25, 0.3) is 0 Å². The van der Waals surface area contributed by atoms with Crippen LogP contribution in [0.3, 0.4) is 0 Å². The molecule has 1 amide bonds. The van der Waals surface area contributed by atoms with Gasteiger partial charge < -0.3 is 15.3 Å². The normalized spacial score (nSPS) is 21.7. The number of aliphatic carboxylic acids is 1. The smallest absolute Gasteiger partial charge is 0.316 e. The van der Waals surface area contributed by atoms with Gasteiger partial charge in [-0.2, -0.15) is 0 Å². The van der Waals surface area contributed by atoms with Crippen molar-refractivity contribution in [3.63, 3.8) is 0 Å². The largest absolute Gasteiger partial charge is 0.481 e. The number of carbonyl (C=O) groups excluding carboxylic acids is 1. The van der Waals surface area contributed by atoms with E-state index in [0.29, 0.717) is 5.69 Å². The standard InChI is InChI=1S/C13H14F2N2O3/c1-17(2)6-3-8(14)10(9(15)4-6)7-5-16-12(18)11(7)13(19)20/h3-4,7,11H,5H2,1-2H3,(H,16,18)(H,19,20)/t7-,11-/m0/s1. The molecule has 2 N–H and O–H groups in total. The van der Waals surface area contributed by atoms with E-state index in [1.54, 1.807) is 14.1 Å². The molecule has 1 heterocycles. The average molecular weight is 284 g/mol. The molecule has 0 aromatic heterocycles. The SMILES string of the molecule is CN(C)c1cc(F)c([C@@H]2CNC(=O)[C@H]2C(=O)O)c(F)c1. The van der Waals surface area contributed by atoms with Gasteiger partial charge in [0.1, 0.15) is 17.6 Å². The Morgan fingerprint density at radius 3 is 2.35 bits per heavy atom. The Bertz CT molecular complexity index is 552. The van der Waals surface area contributed by atoms with Crippen molar-refractivity contribution in [3.05, 3.63) is 29.3 Å². The fourth-order valence-corrected chi connectivity index (χ4v) is 2.36. The maximum Gasteiger partial charge on any atom is 0.316 e. The third-order valence-electron chi connectivity index (χ3n) is 3.40. The first kappa shape index (κ1) is 14.2. The van der Waals surface area contributed by atoms with Gasteiger partial charge in [-0.3, -0.25) is 9.59 Å². The van der Waals surface area contributed by atoms with Gasteiger partial charge in [-0.1, -0.05) is 0 Å². The Kier molecular flexibility index (Phi) is 3.61. The van der Waals surface area contributed by atoms with Crippen molar-refractivity contribution in [1.82, 2.24) is 5.32 Å². The second-order valence-electron chi connectivity index (χ2n) is 4.89. The van der Waals surface area contributed by atoms with Crippen LogP contribution < -0.4 is 10.2 Å². The minimum absolute atomic E-state index is 0.0923. The molecule has 2 rings (SSSR count).